The lowest BCUT2D eigenvalue weighted by Crippen LogP contribution is -2.55. The Kier molecular flexibility index (Phi) is 3.82. The Balaban J connectivity index is 1.85. The first kappa shape index (κ1) is 15.5. The molecule has 3 rings (SSSR count). The number of benzene rings is 1. The highest BCUT2D eigenvalue weighted by molar-refractivity contribution is 5.72. The minimum atomic E-state index is -1.43. The molecule has 0 saturated carbocycles. The monoisotopic (exact) mass is 312 g/mol. The summed E-state index contributed by atoms with van der Waals surface area (Å²) >= 11 is 0. The van der Waals surface area contributed by atoms with Crippen molar-refractivity contribution >= 4 is 6.09 Å². The number of rotatable bonds is 4. The molecule has 0 bridgehead atoms. The van der Waals surface area contributed by atoms with Crippen LogP contribution in [0, 0.1) is 0 Å². The Morgan fingerprint density at radius 3 is 2.48 bits per heavy atom. The molecule has 1 aliphatic rings. The summed E-state index contributed by atoms with van der Waals surface area (Å²) in [7, 11) is 0. The highest BCUT2D eigenvalue weighted by Crippen LogP contribution is 2.40. The average molecular weight is 312 g/mol. The van der Waals surface area contributed by atoms with Gasteiger partial charge in [0.25, 0.3) is 0 Å². The zero-order valence-electron chi connectivity index (χ0n) is 13.3. The predicted molar refractivity (Wildman–Crippen MR) is 85.4 cm³/mol. The number of nitrogens with zero attached hydrogens (tertiary/aromatic N) is 2. The second-order valence-electron chi connectivity index (χ2n) is 6.19. The van der Waals surface area contributed by atoms with Gasteiger partial charge in [-0.15, -0.1) is 0 Å². The van der Waals surface area contributed by atoms with Crippen LogP contribution in [0.4, 0.5) is 4.79 Å². The number of cyclic esters (lactones) is 1. The fourth-order valence-corrected chi connectivity index (χ4v) is 2.87. The second kappa shape index (κ2) is 5.66. The quantitative estimate of drug-likeness (QED) is 0.943. The first-order valence-corrected chi connectivity index (χ1v) is 7.59. The van der Waals surface area contributed by atoms with Gasteiger partial charge >= 0.3 is 6.09 Å². The van der Waals surface area contributed by atoms with Crippen LogP contribution in [0.3, 0.4) is 0 Å². The van der Waals surface area contributed by atoms with E-state index < -0.39 is 17.4 Å². The van der Waals surface area contributed by atoms with Crippen molar-refractivity contribution in [2.75, 3.05) is 0 Å². The van der Waals surface area contributed by atoms with Gasteiger partial charge in [0.1, 0.15) is 0 Å². The number of carbonyl (C=O) groups excluding carboxylic acids is 1. The Bertz CT molecular complexity index is 688. The third kappa shape index (κ3) is 2.80. The van der Waals surface area contributed by atoms with Crippen molar-refractivity contribution in [1.29, 1.82) is 0 Å². The molecule has 2 atom stereocenters. The molecule has 1 fully saturated rings. The smallest absolute Gasteiger partial charge is 0.413 e. The summed E-state index contributed by atoms with van der Waals surface area (Å²) in [6, 6.07) is 15.2. The molecule has 0 spiro atoms. The van der Waals surface area contributed by atoms with E-state index in [1.807, 2.05) is 48.5 Å². The molecule has 0 aliphatic carbocycles. The first-order chi connectivity index (χ1) is 10.9. The van der Waals surface area contributed by atoms with Gasteiger partial charge in [-0.25, -0.2) is 4.79 Å². The van der Waals surface area contributed by atoms with Gasteiger partial charge in [0.2, 0.25) is 0 Å². The van der Waals surface area contributed by atoms with Crippen molar-refractivity contribution in [3.63, 3.8) is 0 Å². The van der Waals surface area contributed by atoms with E-state index in [2.05, 4.69) is 4.98 Å². The molecule has 1 amide bonds. The van der Waals surface area contributed by atoms with Crippen molar-refractivity contribution < 1.29 is 14.6 Å². The van der Waals surface area contributed by atoms with Gasteiger partial charge in [-0.05, 0) is 31.5 Å². The molecule has 1 saturated heterocycles. The average Bonchev–Trinajstić information content (AvgIpc) is 2.69. The lowest BCUT2D eigenvalue weighted by atomic mass is 9.86. The van der Waals surface area contributed by atoms with Crippen LogP contribution < -0.4 is 0 Å². The molecule has 0 radical (unpaired) electrons. The molecular weight excluding hydrogens is 292 g/mol. The fourth-order valence-electron chi connectivity index (χ4n) is 2.87. The van der Waals surface area contributed by atoms with Crippen molar-refractivity contribution in [2.24, 2.45) is 0 Å². The lowest BCUT2D eigenvalue weighted by molar-refractivity contribution is -0.138. The molecule has 2 heterocycles. The van der Waals surface area contributed by atoms with Crippen molar-refractivity contribution in [1.82, 2.24) is 9.88 Å². The fraction of sp³-hybridized carbons (Fsp3) is 0.333. The van der Waals surface area contributed by atoms with E-state index in [-0.39, 0.29) is 6.54 Å². The number of hydrogen-bond donors (Lipinski definition) is 1. The summed E-state index contributed by atoms with van der Waals surface area (Å²) in [5.74, 6) is 0. The van der Waals surface area contributed by atoms with Crippen LogP contribution in [0.15, 0.2) is 54.7 Å². The molecule has 1 aromatic heterocycles. The van der Waals surface area contributed by atoms with E-state index in [1.165, 1.54) is 4.90 Å². The molecule has 1 aliphatic heterocycles. The van der Waals surface area contributed by atoms with Gasteiger partial charge in [-0.1, -0.05) is 36.4 Å². The summed E-state index contributed by atoms with van der Waals surface area (Å²) in [6.07, 6.45) is 1.57. The number of hydrogen-bond acceptors (Lipinski definition) is 4. The van der Waals surface area contributed by atoms with Gasteiger partial charge in [-0.3, -0.25) is 9.88 Å². The van der Waals surface area contributed by atoms with E-state index in [0.29, 0.717) is 12.1 Å². The summed E-state index contributed by atoms with van der Waals surface area (Å²) in [6.45, 7) is 3.58. The van der Waals surface area contributed by atoms with E-state index in [9.17, 15) is 9.90 Å². The van der Waals surface area contributed by atoms with Crippen LogP contribution in [-0.4, -0.2) is 32.4 Å². The summed E-state index contributed by atoms with van der Waals surface area (Å²) in [5, 5.41) is 11.0. The van der Waals surface area contributed by atoms with Gasteiger partial charge in [0.15, 0.2) is 11.3 Å². The van der Waals surface area contributed by atoms with Crippen molar-refractivity contribution in [3.8, 4) is 0 Å². The number of ether oxygens (including phenoxy) is 1. The standard InChI is InChI=1S/C18H20N2O3/c1-17(12-14-8-4-3-5-9-14)18(2,22)20(16(21)23-17)13-15-10-6-7-11-19-15/h3-11,22H,12-13H2,1-2H3/t17-,18-/m0/s1. The minimum Gasteiger partial charge on any atom is -0.438 e. The zero-order valence-corrected chi connectivity index (χ0v) is 13.3. The maximum Gasteiger partial charge on any atom is 0.413 e. The molecule has 1 N–H and O–H groups in total. The number of aromatic nitrogens is 1. The number of pyridine rings is 1. The topological polar surface area (TPSA) is 62.7 Å². The van der Waals surface area contributed by atoms with Crippen LogP contribution in [0.2, 0.25) is 0 Å². The van der Waals surface area contributed by atoms with Gasteiger partial charge < -0.3 is 9.84 Å². The molecule has 0 unspecified atom stereocenters. The number of carbonyl (C=O) groups is 1. The zero-order chi connectivity index (χ0) is 16.5. The summed E-state index contributed by atoms with van der Waals surface area (Å²) < 4.78 is 5.56. The molecular formula is C18H20N2O3. The van der Waals surface area contributed by atoms with Crippen LogP contribution in [0.5, 0.6) is 0 Å². The molecule has 1 aromatic carbocycles. The Morgan fingerprint density at radius 2 is 1.83 bits per heavy atom. The highest BCUT2D eigenvalue weighted by atomic mass is 16.6. The van der Waals surface area contributed by atoms with Crippen LogP contribution >= 0.6 is 0 Å². The van der Waals surface area contributed by atoms with Crippen LogP contribution in [-0.2, 0) is 17.7 Å². The van der Waals surface area contributed by atoms with Gasteiger partial charge in [-0.2, -0.15) is 0 Å². The van der Waals surface area contributed by atoms with E-state index >= 15 is 0 Å². The van der Waals surface area contributed by atoms with Crippen molar-refractivity contribution in [3.05, 3.63) is 66.0 Å². The summed E-state index contributed by atoms with van der Waals surface area (Å²) in [5.41, 5.74) is -0.756. The minimum absolute atomic E-state index is 0.205. The van der Waals surface area contributed by atoms with Crippen LogP contribution in [0.1, 0.15) is 25.1 Å². The Morgan fingerprint density at radius 1 is 1.13 bits per heavy atom. The van der Waals surface area contributed by atoms with E-state index in [4.69, 9.17) is 4.74 Å². The second-order valence-corrected chi connectivity index (χ2v) is 6.19. The number of amides is 1. The summed E-state index contributed by atoms with van der Waals surface area (Å²) in [4.78, 5) is 17.9. The van der Waals surface area contributed by atoms with Crippen molar-refractivity contribution in [2.45, 2.75) is 38.1 Å². The van der Waals surface area contributed by atoms with E-state index in [1.54, 1.807) is 20.0 Å². The largest absolute Gasteiger partial charge is 0.438 e. The number of aliphatic hydroxyl groups is 1. The van der Waals surface area contributed by atoms with Crippen LogP contribution in [0.25, 0.3) is 0 Å². The Hall–Kier alpha value is -2.40. The molecule has 5 heteroatoms. The van der Waals surface area contributed by atoms with Gasteiger partial charge in [0, 0.05) is 12.6 Å². The normalized spacial score (nSPS) is 27.1. The van der Waals surface area contributed by atoms with Gasteiger partial charge in [0.05, 0.1) is 12.2 Å². The molecule has 2 aromatic rings. The molecule has 120 valence electrons. The maximum atomic E-state index is 12.3. The molecule has 5 nitrogen and oxygen atoms in total. The SMILES string of the molecule is C[C@@]1(Cc2ccccc2)OC(=O)N(Cc2ccccn2)[C@@]1(C)O. The van der Waals surface area contributed by atoms with E-state index in [0.717, 1.165) is 5.56 Å². The third-order valence-electron chi connectivity index (χ3n) is 4.49. The molecule has 23 heavy (non-hydrogen) atoms. The maximum absolute atomic E-state index is 12.3. The third-order valence-corrected chi connectivity index (χ3v) is 4.49. The first-order valence-electron chi connectivity index (χ1n) is 7.59. The lowest BCUT2D eigenvalue weighted by Gasteiger charge is -2.37. The highest BCUT2D eigenvalue weighted by Gasteiger charge is 2.59. The predicted octanol–water partition coefficient (Wildman–Crippen LogP) is 2.74. The Labute approximate surface area is 135 Å².